The van der Waals surface area contributed by atoms with Gasteiger partial charge in [0.05, 0.1) is 0 Å². The molecule has 1 fully saturated rings. The van der Waals surface area contributed by atoms with Crippen LogP contribution in [0, 0.1) is 0 Å². The van der Waals surface area contributed by atoms with E-state index >= 15 is 0 Å². The largest absolute Gasteiger partial charge is 0.353 e. The fourth-order valence-electron chi connectivity index (χ4n) is 3.12. The fourth-order valence-corrected chi connectivity index (χ4v) is 3.12. The summed E-state index contributed by atoms with van der Waals surface area (Å²) in [7, 11) is 0. The predicted molar refractivity (Wildman–Crippen MR) is 98.5 cm³/mol. The predicted octanol–water partition coefficient (Wildman–Crippen LogP) is 2.22. The third-order valence-corrected chi connectivity index (χ3v) is 4.52. The van der Waals surface area contributed by atoms with Gasteiger partial charge in [-0.1, -0.05) is 25.1 Å². The zero-order valence-electron chi connectivity index (χ0n) is 14.7. The number of carbonyl (C=O) groups is 2. The molecule has 0 saturated carbocycles. The zero-order valence-corrected chi connectivity index (χ0v) is 15.5. The Morgan fingerprint density at radius 2 is 1.96 bits per heavy atom. The van der Waals surface area contributed by atoms with E-state index in [1.54, 1.807) is 17.0 Å². The molecule has 1 unspecified atom stereocenters. The summed E-state index contributed by atoms with van der Waals surface area (Å²) in [6.45, 7) is 8.00. The van der Waals surface area contributed by atoms with Crippen LogP contribution >= 0.6 is 12.4 Å². The van der Waals surface area contributed by atoms with Crippen LogP contribution in [-0.2, 0) is 4.79 Å². The van der Waals surface area contributed by atoms with Crippen LogP contribution in [0.4, 0.5) is 0 Å². The first-order valence-corrected chi connectivity index (χ1v) is 8.37. The minimum atomic E-state index is -0.765. The molecular weight excluding hydrogens is 326 g/mol. The van der Waals surface area contributed by atoms with E-state index in [0.717, 1.165) is 13.0 Å². The number of hydrogen-bond acceptors (Lipinski definition) is 3. The molecule has 2 amide bonds. The third kappa shape index (κ3) is 4.48. The Balaban J connectivity index is 0.00000288. The molecule has 6 heteroatoms. The van der Waals surface area contributed by atoms with Gasteiger partial charge in [0.15, 0.2) is 0 Å². The number of likely N-dealkylation sites (tertiary alicyclic amines) is 1. The average Bonchev–Trinajstić information content (AvgIpc) is 2.96. The molecule has 24 heavy (non-hydrogen) atoms. The molecule has 0 spiro atoms. The smallest absolute Gasteiger partial charge is 0.254 e. The van der Waals surface area contributed by atoms with Gasteiger partial charge in [0.1, 0.15) is 5.54 Å². The molecule has 134 valence electrons. The van der Waals surface area contributed by atoms with Gasteiger partial charge in [0.25, 0.3) is 5.91 Å². The Morgan fingerprint density at radius 1 is 1.29 bits per heavy atom. The monoisotopic (exact) mass is 353 g/mol. The molecule has 1 heterocycles. The van der Waals surface area contributed by atoms with Crippen molar-refractivity contribution in [3.8, 4) is 0 Å². The Bertz CT molecular complexity index is 552. The number of nitrogens with one attached hydrogen (secondary N) is 2. The maximum atomic E-state index is 12.7. The Kier molecular flexibility index (Phi) is 7.70. The van der Waals surface area contributed by atoms with Crippen molar-refractivity contribution in [3.05, 3.63) is 35.9 Å². The lowest BCUT2D eigenvalue weighted by atomic mass is 9.96. The molecule has 1 saturated heterocycles. The number of rotatable bonds is 6. The zero-order chi connectivity index (χ0) is 16.9. The lowest BCUT2D eigenvalue weighted by Crippen LogP contribution is -2.56. The normalized spacial score (nSPS) is 21.0. The molecule has 1 aromatic carbocycles. The summed E-state index contributed by atoms with van der Waals surface area (Å²) in [5.74, 6) is -0.135. The maximum absolute atomic E-state index is 12.7. The molecule has 2 N–H and O–H groups in total. The molecule has 0 aliphatic carbocycles. The Labute approximate surface area is 150 Å². The molecule has 0 radical (unpaired) electrons. The summed E-state index contributed by atoms with van der Waals surface area (Å²) in [4.78, 5) is 27.1. The van der Waals surface area contributed by atoms with Crippen LogP contribution in [0.3, 0.4) is 0 Å². The van der Waals surface area contributed by atoms with Crippen molar-refractivity contribution < 1.29 is 9.59 Å². The van der Waals surface area contributed by atoms with Gasteiger partial charge >= 0.3 is 0 Å². The Morgan fingerprint density at radius 3 is 2.58 bits per heavy atom. The average molecular weight is 354 g/mol. The summed E-state index contributed by atoms with van der Waals surface area (Å²) in [5, 5.41) is 6.26. The first-order valence-electron chi connectivity index (χ1n) is 8.37. The van der Waals surface area contributed by atoms with Crippen LogP contribution in [0.1, 0.15) is 44.0 Å². The van der Waals surface area contributed by atoms with E-state index < -0.39 is 5.54 Å². The first-order chi connectivity index (χ1) is 11.0. The molecule has 1 aromatic rings. The molecule has 5 nitrogen and oxygen atoms in total. The van der Waals surface area contributed by atoms with Crippen molar-refractivity contribution in [2.75, 3.05) is 19.6 Å². The van der Waals surface area contributed by atoms with Gasteiger partial charge < -0.3 is 15.5 Å². The highest BCUT2D eigenvalue weighted by Crippen LogP contribution is 2.30. The van der Waals surface area contributed by atoms with Crippen LogP contribution in [0.15, 0.2) is 30.3 Å². The second kappa shape index (κ2) is 9.04. The van der Waals surface area contributed by atoms with E-state index in [1.165, 1.54) is 0 Å². The summed E-state index contributed by atoms with van der Waals surface area (Å²) in [6, 6.07) is 9.39. The quantitative estimate of drug-likeness (QED) is 0.824. The highest BCUT2D eigenvalue weighted by Gasteiger charge is 2.45. The number of hydrogen-bond donors (Lipinski definition) is 2. The van der Waals surface area contributed by atoms with E-state index in [0.29, 0.717) is 25.1 Å². The summed E-state index contributed by atoms with van der Waals surface area (Å²) < 4.78 is 0. The highest BCUT2D eigenvalue weighted by atomic mass is 35.5. The molecule has 0 bridgehead atoms. The van der Waals surface area contributed by atoms with Gasteiger partial charge in [-0.2, -0.15) is 0 Å². The molecule has 0 aromatic heterocycles. The maximum Gasteiger partial charge on any atom is 0.254 e. The van der Waals surface area contributed by atoms with Crippen LogP contribution in [0.25, 0.3) is 0 Å². The summed E-state index contributed by atoms with van der Waals surface area (Å²) in [6.07, 6.45) is 1.55. The minimum Gasteiger partial charge on any atom is -0.353 e. The Hall–Kier alpha value is -1.59. The molecule has 2 rings (SSSR count). The SMILES string of the molecule is CCN[C@H](C)CNC(=O)C1(C)CCCN1C(=O)c1ccccc1.Cl. The highest BCUT2D eigenvalue weighted by molar-refractivity contribution is 5.99. The number of likely N-dealkylation sites (N-methyl/N-ethyl adjacent to an activating group) is 1. The molecule has 1 aliphatic rings. The van der Waals surface area contributed by atoms with Gasteiger partial charge in [-0.3, -0.25) is 9.59 Å². The standard InChI is InChI=1S/C18H27N3O2.ClH/c1-4-19-14(2)13-20-17(23)18(3)11-8-12-21(18)16(22)15-9-6-5-7-10-15;/h5-7,9-10,14,19H,4,8,11-13H2,1-3H3,(H,20,23);1H/t14-,18?;/m1./s1. The van der Waals surface area contributed by atoms with Crippen molar-refractivity contribution in [1.29, 1.82) is 0 Å². The van der Waals surface area contributed by atoms with Crippen molar-refractivity contribution in [1.82, 2.24) is 15.5 Å². The van der Waals surface area contributed by atoms with Crippen LogP contribution in [0.5, 0.6) is 0 Å². The fraction of sp³-hybridized carbons (Fsp3) is 0.556. The van der Waals surface area contributed by atoms with Gasteiger partial charge in [-0.25, -0.2) is 0 Å². The number of amides is 2. The summed E-state index contributed by atoms with van der Waals surface area (Å²) >= 11 is 0. The number of nitrogens with zero attached hydrogens (tertiary/aromatic N) is 1. The van der Waals surface area contributed by atoms with Crippen molar-refractivity contribution in [2.24, 2.45) is 0 Å². The van der Waals surface area contributed by atoms with Crippen molar-refractivity contribution >= 4 is 24.2 Å². The number of halogens is 1. The van der Waals surface area contributed by atoms with Crippen molar-refractivity contribution in [2.45, 2.75) is 45.2 Å². The van der Waals surface area contributed by atoms with Gasteiger partial charge in [-0.15, -0.1) is 12.4 Å². The van der Waals surface area contributed by atoms with Gasteiger partial charge in [0.2, 0.25) is 5.91 Å². The van der Waals surface area contributed by atoms with E-state index in [-0.39, 0.29) is 30.3 Å². The third-order valence-electron chi connectivity index (χ3n) is 4.52. The molecule has 1 aliphatic heterocycles. The van der Waals surface area contributed by atoms with Crippen molar-refractivity contribution in [3.63, 3.8) is 0 Å². The van der Waals surface area contributed by atoms with E-state index in [9.17, 15) is 9.59 Å². The van der Waals surface area contributed by atoms with E-state index in [4.69, 9.17) is 0 Å². The topological polar surface area (TPSA) is 61.4 Å². The van der Waals surface area contributed by atoms with Gasteiger partial charge in [-0.05, 0) is 45.4 Å². The van der Waals surface area contributed by atoms with Crippen LogP contribution < -0.4 is 10.6 Å². The van der Waals surface area contributed by atoms with Crippen LogP contribution in [0.2, 0.25) is 0 Å². The minimum absolute atomic E-state index is 0. The number of carbonyl (C=O) groups excluding carboxylic acids is 2. The van der Waals surface area contributed by atoms with Gasteiger partial charge in [0, 0.05) is 24.7 Å². The first kappa shape index (κ1) is 20.5. The molecular formula is C18H28ClN3O2. The van der Waals surface area contributed by atoms with E-state index in [2.05, 4.69) is 10.6 Å². The lowest BCUT2D eigenvalue weighted by Gasteiger charge is -2.34. The lowest BCUT2D eigenvalue weighted by molar-refractivity contribution is -0.129. The second-order valence-electron chi connectivity index (χ2n) is 6.37. The van der Waals surface area contributed by atoms with E-state index in [1.807, 2.05) is 39.0 Å². The second-order valence-corrected chi connectivity index (χ2v) is 6.37. The van der Waals surface area contributed by atoms with Crippen LogP contribution in [-0.4, -0.2) is 47.9 Å². The number of benzene rings is 1. The molecule has 2 atom stereocenters. The summed E-state index contributed by atoms with van der Waals surface area (Å²) in [5.41, 5.74) is -0.131.